The molecule has 1 aromatic rings. The van der Waals surface area contributed by atoms with Crippen LogP contribution in [0.5, 0.6) is 0 Å². The summed E-state index contributed by atoms with van der Waals surface area (Å²) in [5, 5.41) is 13.1. The molecule has 0 radical (unpaired) electrons. The SMILES string of the molecule is CC(=O)OCC1O[C@H](Sc2cc(Cl)c(C#N)cn2)C(OC(C)=O)C(N=[N+]=[N-])[C@H]1OC(C)=O. The maximum Gasteiger partial charge on any atom is 0.303 e. The Morgan fingerprint density at radius 3 is 2.47 bits per heavy atom. The third-order valence-corrected chi connectivity index (χ3v) is 5.43. The lowest BCUT2D eigenvalue weighted by Gasteiger charge is -2.43. The van der Waals surface area contributed by atoms with Gasteiger partial charge in [0, 0.05) is 31.9 Å². The van der Waals surface area contributed by atoms with Crippen molar-refractivity contribution in [3.8, 4) is 6.07 Å². The number of halogens is 1. The second kappa shape index (κ2) is 11.5. The Morgan fingerprint density at radius 2 is 1.94 bits per heavy atom. The maximum atomic E-state index is 11.8. The quantitative estimate of drug-likeness (QED) is 0.184. The predicted molar refractivity (Wildman–Crippen MR) is 109 cm³/mol. The number of carbonyl (C=O) groups excluding carboxylic acids is 3. The van der Waals surface area contributed by atoms with E-state index in [-0.39, 0.29) is 17.2 Å². The highest BCUT2D eigenvalue weighted by Crippen LogP contribution is 2.37. The molecule has 0 bridgehead atoms. The zero-order valence-corrected chi connectivity index (χ0v) is 18.7. The molecule has 3 unspecified atom stereocenters. The largest absolute Gasteiger partial charge is 0.463 e. The van der Waals surface area contributed by atoms with E-state index in [1.54, 1.807) is 0 Å². The van der Waals surface area contributed by atoms with Crippen molar-refractivity contribution in [2.24, 2.45) is 5.11 Å². The number of pyridine rings is 1. The first-order valence-electron chi connectivity index (χ1n) is 9.06. The first-order chi connectivity index (χ1) is 15.2. The molecule has 1 aromatic heterocycles. The Morgan fingerprint density at radius 1 is 1.28 bits per heavy atom. The van der Waals surface area contributed by atoms with E-state index >= 15 is 0 Å². The summed E-state index contributed by atoms with van der Waals surface area (Å²) >= 11 is 7.02. The summed E-state index contributed by atoms with van der Waals surface area (Å²) in [6.07, 6.45) is -2.18. The molecule has 0 saturated carbocycles. The highest BCUT2D eigenvalue weighted by atomic mass is 35.5. The van der Waals surface area contributed by atoms with E-state index in [9.17, 15) is 14.4 Å². The van der Waals surface area contributed by atoms with Gasteiger partial charge in [0.15, 0.2) is 0 Å². The van der Waals surface area contributed by atoms with Gasteiger partial charge in [0.25, 0.3) is 0 Å². The second-order valence-corrected chi connectivity index (χ2v) is 7.95. The Balaban J connectivity index is 2.46. The van der Waals surface area contributed by atoms with Gasteiger partial charge < -0.3 is 18.9 Å². The third kappa shape index (κ3) is 6.73. The van der Waals surface area contributed by atoms with Crippen molar-refractivity contribution in [1.82, 2.24) is 4.98 Å². The fourth-order valence-corrected chi connectivity index (χ4v) is 4.19. The van der Waals surface area contributed by atoms with Crippen LogP contribution < -0.4 is 0 Å². The van der Waals surface area contributed by atoms with Crippen LogP contribution in [0.1, 0.15) is 26.3 Å². The van der Waals surface area contributed by atoms with E-state index in [4.69, 9.17) is 41.3 Å². The molecule has 170 valence electrons. The molecule has 32 heavy (non-hydrogen) atoms. The molecule has 1 aliphatic heterocycles. The van der Waals surface area contributed by atoms with Crippen LogP contribution in [0.25, 0.3) is 10.4 Å². The first-order valence-corrected chi connectivity index (χ1v) is 10.3. The number of aromatic nitrogens is 1. The Hall–Kier alpha value is -3.04. The van der Waals surface area contributed by atoms with Gasteiger partial charge in [-0.3, -0.25) is 14.4 Å². The van der Waals surface area contributed by atoms with Crippen molar-refractivity contribution in [2.45, 2.75) is 55.6 Å². The van der Waals surface area contributed by atoms with Crippen LogP contribution in [0, 0.1) is 11.3 Å². The monoisotopic (exact) mass is 483 g/mol. The van der Waals surface area contributed by atoms with Gasteiger partial charge >= 0.3 is 17.9 Å². The van der Waals surface area contributed by atoms with E-state index in [0.717, 1.165) is 25.6 Å². The molecule has 1 saturated heterocycles. The summed E-state index contributed by atoms with van der Waals surface area (Å²) in [5.41, 5.74) is 8.22. The number of nitriles is 1. The van der Waals surface area contributed by atoms with Crippen LogP contribution in [0.3, 0.4) is 0 Å². The van der Waals surface area contributed by atoms with E-state index in [1.165, 1.54) is 19.2 Å². The molecule has 1 fully saturated rings. The molecule has 0 amide bonds. The molecular weight excluding hydrogens is 466 g/mol. The molecule has 0 N–H and O–H groups in total. The number of nitrogens with zero attached hydrogens (tertiary/aromatic N) is 5. The Bertz CT molecular complexity index is 981. The van der Waals surface area contributed by atoms with Gasteiger partial charge in [-0.1, -0.05) is 28.5 Å². The Labute approximate surface area is 191 Å². The van der Waals surface area contributed by atoms with Gasteiger partial charge in [0.05, 0.1) is 10.6 Å². The minimum absolute atomic E-state index is 0.144. The minimum Gasteiger partial charge on any atom is -0.463 e. The van der Waals surface area contributed by atoms with E-state index < -0.39 is 47.7 Å². The van der Waals surface area contributed by atoms with Gasteiger partial charge in [-0.2, -0.15) is 5.26 Å². The third-order valence-electron chi connectivity index (χ3n) is 4.04. The average molecular weight is 484 g/mol. The number of hydrogen-bond acceptors (Lipinski definition) is 11. The molecule has 0 spiro atoms. The van der Waals surface area contributed by atoms with E-state index in [1.807, 2.05) is 6.07 Å². The molecule has 14 heteroatoms. The number of carbonyl (C=O) groups is 3. The Kier molecular flexibility index (Phi) is 9.10. The summed E-state index contributed by atoms with van der Waals surface area (Å²) in [6.45, 7) is 3.15. The molecular formula is C18H18ClN5O7S. The molecule has 2 rings (SSSR count). The molecule has 5 atom stereocenters. The van der Waals surface area contributed by atoms with Gasteiger partial charge in [-0.15, -0.1) is 0 Å². The van der Waals surface area contributed by atoms with Gasteiger partial charge in [-0.05, 0) is 11.6 Å². The first kappa shape index (κ1) is 25.2. The smallest absolute Gasteiger partial charge is 0.303 e. The summed E-state index contributed by atoms with van der Waals surface area (Å²) in [5.74, 6) is -2.02. The average Bonchev–Trinajstić information content (AvgIpc) is 2.70. The molecule has 1 aliphatic rings. The summed E-state index contributed by atoms with van der Waals surface area (Å²) in [4.78, 5) is 41.6. The minimum atomic E-state index is -1.21. The summed E-state index contributed by atoms with van der Waals surface area (Å²) in [7, 11) is 0. The zero-order chi connectivity index (χ0) is 23.8. The number of hydrogen-bond donors (Lipinski definition) is 0. The molecule has 0 aromatic carbocycles. The lowest BCUT2D eigenvalue weighted by atomic mass is 9.97. The van der Waals surface area contributed by atoms with Gasteiger partial charge in [-0.25, -0.2) is 4.98 Å². The topological polar surface area (TPSA) is 174 Å². The van der Waals surface area contributed by atoms with Crippen molar-refractivity contribution in [2.75, 3.05) is 6.61 Å². The molecule has 12 nitrogen and oxygen atoms in total. The maximum absolute atomic E-state index is 11.8. The van der Waals surface area contributed by atoms with Crippen molar-refractivity contribution in [3.05, 3.63) is 33.3 Å². The number of esters is 3. The number of thioether (sulfide) groups is 1. The van der Waals surface area contributed by atoms with Crippen molar-refractivity contribution in [3.63, 3.8) is 0 Å². The van der Waals surface area contributed by atoms with Crippen molar-refractivity contribution >= 4 is 41.3 Å². The summed E-state index contributed by atoms with van der Waals surface area (Å²) < 4.78 is 21.6. The van der Waals surface area contributed by atoms with Crippen LogP contribution in [0.15, 0.2) is 22.4 Å². The standard InChI is InChI=1S/C18H18ClN5O7S/c1-8(25)28-7-13-16(29-9(2)26)15(23-24-21)17(30-10(3)27)18(31-13)32-14-4-12(19)11(5-20)6-22-14/h4,6,13,15-18H,7H2,1-3H3/t13?,15?,16-,17?,18+/m0/s1. The lowest BCUT2D eigenvalue weighted by molar-refractivity contribution is -0.201. The van der Waals surface area contributed by atoms with Gasteiger partial charge in [0.1, 0.15) is 47.5 Å². The zero-order valence-electron chi connectivity index (χ0n) is 17.1. The van der Waals surface area contributed by atoms with Crippen LogP contribution >= 0.6 is 23.4 Å². The number of azide groups is 1. The number of ether oxygens (including phenoxy) is 4. The lowest BCUT2D eigenvalue weighted by Crippen LogP contribution is -2.59. The predicted octanol–water partition coefficient (Wildman–Crippen LogP) is 2.53. The highest BCUT2D eigenvalue weighted by molar-refractivity contribution is 7.99. The van der Waals surface area contributed by atoms with E-state index in [2.05, 4.69) is 15.0 Å². The highest BCUT2D eigenvalue weighted by Gasteiger charge is 2.50. The fourth-order valence-electron chi connectivity index (χ4n) is 2.85. The normalized spacial score (nSPS) is 24.4. The van der Waals surface area contributed by atoms with Crippen molar-refractivity contribution < 1.29 is 33.3 Å². The van der Waals surface area contributed by atoms with Crippen LogP contribution in [-0.2, 0) is 33.3 Å². The molecule has 2 heterocycles. The van der Waals surface area contributed by atoms with Gasteiger partial charge in [0.2, 0.25) is 0 Å². The van der Waals surface area contributed by atoms with Crippen molar-refractivity contribution in [1.29, 1.82) is 5.26 Å². The second-order valence-electron chi connectivity index (χ2n) is 6.42. The van der Waals surface area contributed by atoms with Crippen LogP contribution in [0.4, 0.5) is 0 Å². The van der Waals surface area contributed by atoms with Crippen LogP contribution in [0.2, 0.25) is 5.02 Å². The number of rotatable bonds is 7. The van der Waals surface area contributed by atoms with E-state index in [0.29, 0.717) is 5.03 Å². The van der Waals surface area contributed by atoms with Crippen LogP contribution in [-0.4, -0.2) is 59.3 Å². The molecule has 0 aliphatic carbocycles. The fraction of sp³-hybridized carbons (Fsp3) is 0.500. The summed E-state index contributed by atoms with van der Waals surface area (Å²) in [6, 6.07) is 2.10.